The number of hydrogen-bond donors (Lipinski definition) is 2. The summed E-state index contributed by atoms with van der Waals surface area (Å²) >= 11 is 0. The van der Waals surface area contributed by atoms with E-state index in [0.29, 0.717) is 23.7 Å². The second kappa shape index (κ2) is 13.0. The van der Waals surface area contributed by atoms with Crippen LogP contribution in [0.5, 0.6) is 0 Å². The lowest BCUT2D eigenvalue weighted by Crippen LogP contribution is -2.32. The van der Waals surface area contributed by atoms with Crippen LogP contribution in [0, 0.1) is 30.0 Å². The van der Waals surface area contributed by atoms with Crippen LogP contribution in [0.2, 0.25) is 0 Å². The fourth-order valence-electron chi connectivity index (χ4n) is 6.31. The van der Waals surface area contributed by atoms with Gasteiger partial charge < -0.3 is 11.1 Å². The van der Waals surface area contributed by atoms with Crippen molar-refractivity contribution in [2.45, 2.75) is 65.3 Å². The molecule has 1 aliphatic carbocycles. The Labute approximate surface area is 248 Å². The number of aromatic nitrogens is 1. The molecule has 1 fully saturated rings. The number of benzene rings is 2. The molecule has 0 radical (unpaired) electrons. The van der Waals surface area contributed by atoms with Crippen LogP contribution in [0.3, 0.4) is 0 Å². The first-order valence-corrected chi connectivity index (χ1v) is 15.0. The van der Waals surface area contributed by atoms with Crippen LogP contribution in [0.1, 0.15) is 79.0 Å². The third kappa shape index (κ3) is 7.11. The summed E-state index contributed by atoms with van der Waals surface area (Å²) in [6.07, 6.45) is 15.2. The van der Waals surface area contributed by atoms with Gasteiger partial charge >= 0.3 is 0 Å². The number of nitrogens with zero attached hydrogens (tertiary/aromatic N) is 2. The number of Topliss-reactive ketones (excluding diaryl/α,β-unsaturated/α-hetero) is 1. The van der Waals surface area contributed by atoms with Crippen molar-refractivity contribution in [1.29, 1.82) is 0 Å². The van der Waals surface area contributed by atoms with Crippen molar-refractivity contribution in [2.75, 3.05) is 5.32 Å². The SMILES string of the molecule is Cc1cc(NC2=CC=CCC(C(N)c3ccc(C(=O)C4CCC(C(C)(C)Cc5ccncc5)CC4)cc3)=N2)ccc1F. The number of hydrogen-bond acceptors (Lipinski definition) is 5. The summed E-state index contributed by atoms with van der Waals surface area (Å²) in [6, 6.07) is 16.4. The Kier molecular flexibility index (Phi) is 9.12. The highest BCUT2D eigenvalue weighted by molar-refractivity contribution is 5.98. The summed E-state index contributed by atoms with van der Waals surface area (Å²) in [4.78, 5) is 22.4. The van der Waals surface area contributed by atoms with Gasteiger partial charge in [-0.15, -0.1) is 0 Å². The van der Waals surface area contributed by atoms with Gasteiger partial charge in [-0.1, -0.05) is 50.3 Å². The van der Waals surface area contributed by atoms with Gasteiger partial charge in [0.25, 0.3) is 0 Å². The molecule has 2 aliphatic rings. The molecular formula is C36H41FN4O. The highest BCUT2D eigenvalue weighted by Crippen LogP contribution is 2.43. The van der Waals surface area contributed by atoms with Gasteiger partial charge in [0.1, 0.15) is 11.6 Å². The smallest absolute Gasteiger partial charge is 0.165 e. The van der Waals surface area contributed by atoms with E-state index >= 15 is 0 Å². The third-order valence-electron chi connectivity index (χ3n) is 8.94. The van der Waals surface area contributed by atoms with E-state index < -0.39 is 6.04 Å². The first kappa shape index (κ1) is 29.6. The Balaban J connectivity index is 1.19. The van der Waals surface area contributed by atoms with Crippen molar-refractivity contribution < 1.29 is 9.18 Å². The van der Waals surface area contributed by atoms with E-state index in [2.05, 4.69) is 36.3 Å². The second-order valence-corrected chi connectivity index (χ2v) is 12.4. The van der Waals surface area contributed by atoms with E-state index in [1.54, 1.807) is 19.1 Å². The van der Waals surface area contributed by atoms with Gasteiger partial charge in [-0.05, 0) is 103 Å². The fourth-order valence-corrected chi connectivity index (χ4v) is 6.31. The van der Waals surface area contributed by atoms with Crippen molar-refractivity contribution in [2.24, 2.45) is 28.0 Å². The topological polar surface area (TPSA) is 80.4 Å². The average molecular weight is 565 g/mol. The molecule has 6 heteroatoms. The molecular weight excluding hydrogens is 523 g/mol. The zero-order valence-electron chi connectivity index (χ0n) is 24.8. The first-order chi connectivity index (χ1) is 20.2. The molecule has 0 saturated heterocycles. The number of allylic oxidation sites excluding steroid dienone is 3. The standard InChI is InChI=1S/C36H41FN4O/c1-24-22-30(16-17-31(24)37)40-33-7-5-4-6-32(41-33)34(38)26-8-10-27(11-9-26)35(42)28-12-14-29(15-13-28)36(2,3)23-25-18-20-39-21-19-25/h4-5,7-11,16-22,28-29,34,40H,6,12-15,23,38H2,1-3H3. The minimum Gasteiger partial charge on any atom is -0.340 e. The summed E-state index contributed by atoms with van der Waals surface area (Å²) in [5.74, 6) is 1.32. The number of anilines is 1. The van der Waals surface area contributed by atoms with Gasteiger partial charge in [-0.3, -0.25) is 9.78 Å². The summed E-state index contributed by atoms with van der Waals surface area (Å²) in [5, 5.41) is 3.26. The molecule has 5 rings (SSSR count). The number of ketones is 1. The molecule has 0 amide bonds. The van der Waals surface area contributed by atoms with E-state index in [1.165, 1.54) is 11.6 Å². The van der Waals surface area contributed by atoms with Crippen molar-refractivity contribution in [3.63, 3.8) is 0 Å². The van der Waals surface area contributed by atoms with Gasteiger partial charge in [0.2, 0.25) is 0 Å². The highest BCUT2D eigenvalue weighted by Gasteiger charge is 2.35. The quantitative estimate of drug-likeness (QED) is 0.257. The maximum absolute atomic E-state index is 13.7. The molecule has 1 saturated carbocycles. The van der Waals surface area contributed by atoms with Crippen LogP contribution in [0.15, 0.2) is 96.0 Å². The van der Waals surface area contributed by atoms with Crippen LogP contribution in [0.25, 0.3) is 0 Å². The maximum atomic E-state index is 13.7. The van der Waals surface area contributed by atoms with Crippen molar-refractivity contribution in [1.82, 2.24) is 4.98 Å². The van der Waals surface area contributed by atoms with E-state index in [4.69, 9.17) is 10.7 Å². The molecule has 1 aromatic heterocycles. The van der Waals surface area contributed by atoms with Crippen LogP contribution >= 0.6 is 0 Å². The molecule has 1 atom stereocenters. The van der Waals surface area contributed by atoms with Crippen LogP contribution < -0.4 is 11.1 Å². The number of rotatable bonds is 9. The average Bonchev–Trinajstić information content (AvgIpc) is 3.24. The molecule has 42 heavy (non-hydrogen) atoms. The number of halogens is 1. The van der Waals surface area contributed by atoms with Gasteiger partial charge in [0.15, 0.2) is 5.78 Å². The summed E-state index contributed by atoms with van der Waals surface area (Å²) in [6.45, 7) is 6.45. The van der Waals surface area contributed by atoms with Crippen molar-refractivity contribution in [3.8, 4) is 0 Å². The molecule has 0 bridgehead atoms. The van der Waals surface area contributed by atoms with Crippen molar-refractivity contribution in [3.05, 3.63) is 119 Å². The minimum absolute atomic E-state index is 0.0720. The number of nitrogens with one attached hydrogen (secondary N) is 1. The van der Waals surface area contributed by atoms with Crippen LogP contribution in [0.4, 0.5) is 10.1 Å². The van der Waals surface area contributed by atoms with Crippen molar-refractivity contribution >= 4 is 17.2 Å². The molecule has 2 heterocycles. The Morgan fingerprint density at radius 3 is 2.45 bits per heavy atom. The molecule has 218 valence electrons. The van der Waals surface area contributed by atoms with Gasteiger partial charge in [-0.25, -0.2) is 9.38 Å². The van der Waals surface area contributed by atoms with E-state index in [-0.39, 0.29) is 22.9 Å². The number of pyridine rings is 1. The molecule has 5 nitrogen and oxygen atoms in total. The summed E-state index contributed by atoms with van der Waals surface area (Å²) in [5.41, 5.74) is 12.0. The predicted molar refractivity (Wildman–Crippen MR) is 169 cm³/mol. The molecule has 0 spiro atoms. The third-order valence-corrected chi connectivity index (χ3v) is 8.94. The highest BCUT2D eigenvalue weighted by atomic mass is 19.1. The Hall–Kier alpha value is -3.90. The summed E-state index contributed by atoms with van der Waals surface area (Å²) in [7, 11) is 0. The lowest BCUT2D eigenvalue weighted by Gasteiger charge is -2.39. The van der Waals surface area contributed by atoms with Gasteiger partial charge in [0, 0.05) is 41.7 Å². The lowest BCUT2D eigenvalue weighted by molar-refractivity contribution is 0.0801. The number of nitrogens with two attached hydrogens (primary N) is 1. The number of aryl methyl sites for hydroxylation is 1. The fraction of sp³-hybridized carbons (Fsp3) is 0.361. The molecule has 2 aromatic carbocycles. The zero-order chi connectivity index (χ0) is 29.7. The van der Waals surface area contributed by atoms with Gasteiger partial charge in [0.05, 0.1) is 6.04 Å². The van der Waals surface area contributed by atoms with Crippen LogP contribution in [-0.2, 0) is 6.42 Å². The van der Waals surface area contributed by atoms with E-state index in [0.717, 1.165) is 54.6 Å². The number of carbonyl (C=O) groups is 1. The monoisotopic (exact) mass is 564 g/mol. The Morgan fingerprint density at radius 1 is 1.05 bits per heavy atom. The van der Waals surface area contributed by atoms with E-state index in [9.17, 15) is 9.18 Å². The zero-order valence-corrected chi connectivity index (χ0v) is 24.8. The largest absolute Gasteiger partial charge is 0.340 e. The number of aliphatic imine (C=N–C) groups is 1. The predicted octanol–water partition coefficient (Wildman–Crippen LogP) is 8.14. The number of carbonyl (C=O) groups excluding carboxylic acids is 1. The molecule has 1 unspecified atom stereocenters. The summed E-state index contributed by atoms with van der Waals surface area (Å²) < 4.78 is 13.7. The normalized spacial score (nSPS) is 19.8. The molecule has 3 aromatic rings. The van der Waals surface area contributed by atoms with Gasteiger partial charge in [-0.2, -0.15) is 0 Å². The first-order valence-electron chi connectivity index (χ1n) is 15.0. The van der Waals surface area contributed by atoms with E-state index in [1.807, 2.05) is 54.9 Å². The maximum Gasteiger partial charge on any atom is 0.165 e. The Morgan fingerprint density at radius 2 is 1.76 bits per heavy atom. The minimum atomic E-state index is -0.407. The Bertz CT molecular complexity index is 1480. The van der Waals surface area contributed by atoms with Crippen LogP contribution in [-0.4, -0.2) is 16.5 Å². The molecule has 3 N–H and O–H groups in total. The molecule has 1 aliphatic heterocycles. The second-order valence-electron chi connectivity index (χ2n) is 12.4. The lowest BCUT2D eigenvalue weighted by atomic mass is 9.65.